The summed E-state index contributed by atoms with van der Waals surface area (Å²) in [6.45, 7) is 1.12. The Morgan fingerprint density at radius 3 is 2.79 bits per heavy atom. The summed E-state index contributed by atoms with van der Waals surface area (Å²) in [5.74, 6) is -0.00479. The molecule has 0 saturated heterocycles. The van der Waals surface area contributed by atoms with E-state index >= 15 is 0 Å². The maximum atomic E-state index is 12.1. The van der Waals surface area contributed by atoms with E-state index in [9.17, 15) is 9.90 Å². The molecule has 3 N–H and O–H groups in total. The Morgan fingerprint density at radius 2 is 2.11 bits per heavy atom. The Hall–Kier alpha value is -1.39. The predicted octanol–water partition coefficient (Wildman–Crippen LogP) is 0.732. The minimum absolute atomic E-state index is 0.00479. The highest BCUT2D eigenvalue weighted by atomic mass is 16.3. The molecule has 0 bridgehead atoms. The van der Waals surface area contributed by atoms with E-state index in [0.29, 0.717) is 6.54 Å². The summed E-state index contributed by atoms with van der Waals surface area (Å²) in [5.41, 5.74) is 1.86. The van der Waals surface area contributed by atoms with Crippen LogP contribution in [0.4, 0.5) is 0 Å². The predicted molar refractivity (Wildman–Crippen MR) is 72.6 cm³/mol. The molecule has 0 radical (unpaired) electrons. The van der Waals surface area contributed by atoms with E-state index < -0.39 is 5.60 Å². The zero-order valence-corrected chi connectivity index (χ0v) is 11.0. The maximum Gasteiger partial charge on any atom is 0.237 e. The summed E-state index contributed by atoms with van der Waals surface area (Å²) < 4.78 is 0. The lowest BCUT2D eigenvalue weighted by molar-refractivity contribution is -0.125. The molecule has 1 fully saturated rings. The van der Waals surface area contributed by atoms with Gasteiger partial charge in [0.1, 0.15) is 0 Å². The average molecular weight is 260 g/mol. The number of amides is 1. The van der Waals surface area contributed by atoms with Crippen LogP contribution in [-0.4, -0.2) is 29.2 Å². The van der Waals surface area contributed by atoms with E-state index in [1.54, 1.807) is 0 Å². The first kappa shape index (κ1) is 12.6. The van der Waals surface area contributed by atoms with Crippen molar-refractivity contribution in [2.45, 2.75) is 43.9 Å². The number of carbonyl (C=O) groups is 1. The van der Waals surface area contributed by atoms with Crippen molar-refractivity contribution in [1.29, 1.82) is 0 Å². The topological polar surface area (TPSA) is 61.4 Å². The second-order valence-electron chi connectivity index (χ2n) is 5.70. The van der Waals surface area contributed by atoms with E-state index in [1.807, 2.05) is 12.1 Å². The largest absolute Gasteiger partial charge is 0.388 e. The Bertz CT molecular complexity index is 483. The van der Waals surface area contributed by atoms with Crippen LogP contribution in [0.25, 0.3) is 0 Å². The summed E-state index contributed by atoms with van der Waals surface area (Å²) in [5, 5.41) is 16.1. The SMILES string of the molecule is O=C(NCC1(O)CCC1)[C@H]1Cc2ccccc2CN1. The fourth-order valence-electron chi connectivity index (χ4n) is 2.78. The second kappa shape index (κ2) is 4.94. The molecule has 1 aromatic carbocycles. The third-order valence-electron chi connectivity index (χ3n) is 4.27. The summed E-state index contributed by atoms with van der Waals surface area (Å²) in [7, 11) is 0. The lowest BCUT2D eigenvalue weighted by Crippen LogP contribution is -2.53. The van der Waals surface area contributed by atoms with E-state index in [4.69, 9.17) is 0 Å². The Morgan fingerprint density at radius 1 is 1.37 bits per heavy atom. The highest BCUT2D eigenvalue weighted by molar-refractivity contribution is 5.82. The van der Waals surface area contributed by atoms with Crippen LogP contribution in [0.2, 0.25) is 0 Å². The number of benzene rings is 1. The number of hydrogen-bond donors (Lipinski definition) is 3. The molecule has 102 valence electrons. The molecule has 0 unspecified atom stereocenters. The minimum Gasteiger partial charge on any atom is -0.388 e. The maximum absolute atomic E-state index is 12.1. The van der Waals surface area contributed by atoms with Crippen LogP contribution in [0.15, 0.2) is 24.3 Å². The molecule has 19 heavy (non-hydrogen) atoms. The number of carbonyl (C=O) groups excluding carboxylic acids is 1. The van der Waals surface area contributed by atoms with Gasteiger partial charge in [0.15, 0.2) is 0 Å². The molecular formula is C15H20N2O2. The number of fused-ring (bicyclic) bond motifs is 1. The molecule has 1 aliphatic heterocycles. The average Bonchev–Trinajstić information content (AvgIpc) is 2.42. The van der Waals surface area contributed by atoms with E-state index in [2.05, 4.69) is 22.8 Å². The van der Waals surface area contributed by atoms with Gasteiger partial charge in [0.2, 0.25) is 5.91 Å². The zero-order valence-electron chi connectivity index (χ0n) is 11.0. The minimum atomic E-state index is -0.651. The van der Waals surface area contributed by atoms with Gasteiger partial charge in [-0.2, -0.15) is 0 Å². The van der Waals surface area contributed by atoms with Crippen LogP contribution in [0.5, 0.6) is 0 Å². The molecule has 1 saturated carbocycles. The second-order valence-corrected chi connectivity index (χ2v) is 5.70. The Balaban J connectivity index is 1.57. The van der Waals surface area contributed by atoms with Crippen molar-refractivity contribution < 1.29 is 9.90 Å². The van der Waals surface area contributed by atoms with Gasteiger partial charge >= 0.3 is 0 Å². The highest BCUT2D eigenvalue weighted by Crippen LogP contribution is 2.30. The van der Waals surface area contributed by atoms with Gasteiger partial charge in [-0.25, -0.2) is 0 Å². The first-order valence-corrected chi connectivity index (χ1v) is 6.97. The van der Waals surface area contributed by atoms with Gasteiger partial charge in [-0.1, -0.05) is 24.3 Å². The van der Waals surface area contributed by atoms with Crippen LogP contribution in [0, 0.1) is 0 Å². The Kier molecular flexibility index (Phi) is 3.29. The molecule has 2 aliphatic rings. The van der Waals surface area contributed by atoms with Crippen LogP contribution >= 0.6 is 0 Å². The number of rotatable bonds is 3. The van der Waals surface area contributed by atoms with Gasteiger partial charge in [-0.15, -0.1) is 0 Å². The molecule has 1 aliphatic carbocycles. The molecule has 1 aromatic rings. The molecule has 1 heterocycles. The Labute approximate surface area is 113 Å². The third-order valence-corrected chi connectivity index (χ3v) is 4.27. The first-order valence-electron chi connectivity index (χ1n) is 6.97. The van der Waals surface area contributed by atoms with Gasteiger partial charge < -0.3 is 15.7 Å². The van der Waals surface area contributed by atoms with Gasteiger partial charge in [-0.05, 0) is 36.8 Å². The summed E-state index contributed by atoms with van der Waals surface area (Å²) in [4.78, 5) is 12.1. The quantitative estimate of drug-likeness (QED) is 0.751. The molecule has 1 amide bonds. The monoisotopic (exact) mass is 260 g/mol. The van der Waals surface area contributed by atoms with Gasteiger partial charge in [0.25, 0.3) is 0 Å². The van der Waals surface area contributed by atoms with Gasteiger partial charge in [0, 0.05) is 13.1 Å². The van der Waals surface area contributed by atoms with E-state index in [0.717, 1.165) is 32.2 Å². The van der Waals surface area contributed by atoms with Crippen LogP contribution in [0.1, 0.15) is 30.4 Å². The highest BCUT2D eigenvalue weighted by Gasteiger charge is 2.35. The number of aliphatic hydroxyl groups is 1. The van der Waals surface area contributed by atoms with Crippen molar-refractivity contribution in [1.82, 2.24) is 10.6 Å². The summed E-state index contributed by atoms with van der Waals surface area (Å²) >= 11 is 0. The molecule has 0 aromatic heterocycles. The van der Waals surface area contributed by atoms with Crippen molar-refractivity contribution in [2.24, 2.45) is 0 Å². The molecule has 1 atom stereocenters. The lowest BCUT2D eigenvalue weighted by atomic mass is 9.80. The zero-order chi connectivity index (χ0) is 13.3. The van der Waals surface area contributed by atoms with E-state index in [-0.39, 0.29) is 11.9 Å². The number of hydrogen-bond acceptors (Lipinski definition) is 3. The first-order chi connectivity index (χ1) is 9.16. The van der Waals surface area contributed by atoms with Gasteiger partial charge in [0.05, 0.1) is 11.6 Å². The van der Waals surface area contributed by atoms with Crippen LogP contribution in [-0.2, 0) is 17.8 Å². The third kappa shape index (κ3) is 2.65. The van der Waals surface area contributed by atoms with Crippen molar-refractivity contribution in [3.05, 3.63) is 35.4 Å². The van der Waals surface area contributed by atoms with Crippen molar-refractivity contribution in [3.8, 4) is 0 Å². The fraction of sp³-hybridized carbons (Fsp3) is 0.533. The van der Waals surface area contributed by atoms with Crippen molar-refractivity contribution in [3.63, 3.8) is 0 Å². The summed E-state index contributed by atoms with van der Waals surface area (Å²) in [6.07, 6.45) is 3.38. The smallest absolute Gasteiger partial charge is 0.237 e. The van der Waals surface area contributed by atoms with Crippen molar-refractivity contribution in [2.75, 3.05) is 6.54 Å². The molecule has 3 rings (SSSR count). The lowest BCUT2D eigenvalue weighted by Gasteiger charge is -2.37. The molecular weight excluding hydrogens is 240 g/mol. The fourth-order valence-corrected chi connectivity index (χ4v) is 2.78. The van der Waals surface area contributed by atoms with Gasteiger partial charge in [-0.3, -0.25) is 4.79 Å². The normalized spacial score (nSPS) is 24.2. The molecule has 0 spiro atoms. The van der Waals surface area contributed by atoms with E-state index in [1.165, 1.54) is 11.1 Å². The molecule has 4 heteroatoms. The standard InChI is InChI=1S/C15H20N2O2/c18-14(17-10-15(19)6-3-7-15)13-8-11-4-1-2-5-12(11)9-16-13/h1-2,4-5,13,16,19H,3,6-10H2,(H,17,18)/t13-/m1/s1. The molecule has 4 nitrogen and oxygen atoms in total. The van der Waals surface area contributed by atoms with Crippen LogP contribution in [0.3, 0.4) is 0 Å². The van der Waals surface area contributed by atoms with Crippen LogP contribution < -0.4 is 10.6 Å². The summed E-state index contributed by atoms with van der Waals surface area (Å²) in [6, 6.07) is 8.02. The van der Waals surface area contributed by atoms with Crippen molar-refractivity contribution >= 4 is 5.91 Å². The number of nitrogens with one attached hydrogen (secondary N) is 2.